The molecule has 0 radical (unpaired) electrons. The first-order valence-electron chi connectivity index (χ1n) is 7.46. The zero-order valence-corrected chi connectivity index (χ0v) is 12.6. The second-order valence-corrected chi connectivity index (χ2v) is 5.92. The number of rotatable bonds is 3. The van der Waals surface area contributed by atoms with Crippen LogP contribution in [-0.2, 0) is 20.0 Å². The Kier molecular flexibility index (Phi) is 3.41. The fraction of sp³-hybridized carbons (Fsp3) is 0.714. The average molecular weight is 276 g/mol. The van der Waals surface area contributed by atoms with Gasteiger partial charge in [-0.3, -0.25) is 9.25 Å². The smallest absolute Gasteiger partial charge is 0.202 e. The number of likely N-dealkylation sites (tertiary alicyclic amines) is 1. The molecule has 0 unspecified atom stereocenters. The molecule has 0 atom stereocenters. The van der Waals surface area contributed by atoms with E-state index in [9.17, 15) is 0 Å². The van der Waals surface area contributed by atoms with Crippen LogP contribution in [0.15, 0.2) is 0 Å². The average Bonchev–Trinajstić information content (AvgIpc) is 2.91. The topological polar surface area (TPSA) is 64.9 Å². The third-order valence-electron chi connectivity index (χ3n) is 4.43. The standard InChI is InChI=1S/C14H24N6/c1-4-11-12-13(19(3)17-11)20(14(15)16-12)9-10-5-7-18(2)8-6-10/h10H,4-9H2,1-3H3,(H2,15,16). The first kappa shape index (κ1) is 13.4. The second-order valence-electron chi connectivity index (χ2n) is 5.92. The molecule has 0 aliphatic carbocycles. The van der Waals surface area contributed by atoms with Gasteiger partial charge in [0.25, 0.3) is 0 Å². The van der Waals surface area contributed by atoms with Crippen molar-refractivity contribution in [3.8, 4) is 0 Å². The number of nitrogens with two attached hydrogens (primary N) is 1. The Bertz CT molecular complexity index is 603. The van der Waals surface area contributed by atoms with Crippen molar-refractivity contribution >= 4 is 17.1 Å². The summed E-state index contributed by atoms with van der Waals surface area (Å²) in [6, 6.07) is 0. The van der Waals surface area contributed by atoms with Gasteiger partial charge in [0.15, 0.2) is 5.65 Å². The van der Waals surface area contributed by atoms with E-state index in [1.54, 1.807) is 0 Å². The highest BCUT2D eigenvalue weighted by atomic mass is 15.3. The van der Waals surface area contributed by atoms with Crippen molar-refractivity contribution < 1.29 is 0 Å². The highest BCUT2D eigenvalue weighted by Gasteiger charge is 2.22. The van der Waals surface area contributed by atoms with Crippen LogP contribution in [-0.4, -0.2) is 44.4 Å². The van der Waals surface area contributed by atoms with Gasteiger partial charge in [0.05, 0.1) is 5.69 Å². The molecule has 6 nitrogen and oxygen atoms in total. The van der Waals surface area contributed by atoms with E-state index in [1.165, 1.54) is 25.9 Å². The molecule has 3 rings (SSSR count). The van der Waals surface area contributed by atoms with Gasteiger partial charge in [-0.15, -0.1) is 0 Å². The number of aryl methyl sites for hydroxylation is 2. The maximum atomic E-state index is 6.14. The number of nitrogens with zero attached hydrogens (tertiary/aromatic N) is 5. The fourth-order valence-corrected chi connectivity index (χ4v) is 3.18. The normalized spacial score (nSPS) is 18.1. The van der Waals surface area contributed by atoms with E-state index in [-0.39, 0.29) is 0 Å². The van der Waals surface area contributed by atoms with E-state index in [1.807, 2.05) is 11.7 Å². The van der Waals surface area contributed by atoms with E-state index >= 15 is 0 Å². The largest absolute Gasteiger partial charge is 0.369 e. The lowest BCUT2D eigenvalue weighted by Crippen LogP contribution is -2.32. The van der Waals surface area contributed by atoms with Crippen LogP contribution in [0, 0.1) is 5.92 Å². The summed E-state index contributed by atoms with van der Waals surface area (Å²) in [6.07, 6.45) is 3.35. The van der Waals surface area contributed by atoms with Gasteiger partial charge in [-0.1, -0.05) is 6.92 Å². The van der Waals surface area contributed by atoms with Crippen LogP contribution >= 0.6 is 0 Å². The predicted octanol–water partition coefficient (Wildman–Crippen LogP) is 1.26. The number of aromatic nitrogens is 4. The molecule has 2 aromatic rings. The van der Waals surface area contributed by atoms with E-state index < -0.39 is 0 Å². The Balaban J connectivity index is 1.91. The van der Waals surface area contributed by atoms with Crippen LogP contribution in [0.3, 0.4) is 0 Å². The molecule has 0 bridgehead atoms. The van der Waals surface area contributed by atoms with Gasteiger partial charge in [0.2, 0.25) is 5.95 Å². The third kappa shape index (κ3) is 2.18. The molecule has 1 aliphatic rings. The minimum atomic E-state index is 0.627. The molecule has 0 saturated carbocycles. The maximum absolute atomic E-state index is 6.14. The number of hydrogen-bond donors (Lipinski definition) is 1. The Morgan fingerprint density at radius 2 is 1.95 bits per heavy atom. The summed E-state index contributed by atoms with van der Waals surface area (Å²) in [5.74, 6) is 1.31. The van der Waals surface area contributed by atoms with Gasteiger partial charge < -0.3 is 10.6 Å². The number of hydrogen-bond acceptors (Lipinski definition) is 4. The SMILES string of the molecule is CCc1nn(C)c2c1nc(N)n2CC1CCN(C)CC1. The number of imidazole rings is 1. The molecule has 2 aromatic heterocycles. The Morgan fingerprint density at radius 3 is 2.60 bits per heavy atom. The van der Waals surface area contributed by atoms with Crippen molar-refractivity contribution in [3.63, 3.8) is 0 Å². The Morgan fingerprint density at radius 1 is 1.25 bits per heavy atom. The van der Waals surface area contributed by atoms with Crippen molar-refractivity contribution in [2.24, 2.45) is 13.0 Å². The van der Waals surface area contributed by atoms with E-state index in [4.69, 9.17) is 5.73 Å². The van der Waals surface area contributed by atoms with Gasteiger partial charge in [-0.05, 0) is 45.3 Å². The molecule has 6 heteroatoms. The monoisotopic (exact) mass is 276 g/mol. The maximum Gasteiger partial charge on any atom is 0.202 e. The number of piperidine rings is 1. The number of fused-ring (bicyclic) bond motifs is 1. The lowest BCUT2D eigenvalue weighted by molar-refractivity contribution is 0.206. The highest BCUT2D eigenvalue weighted by molar-refractivity contribution is 5.77. The Labute approximate surface area is 119 Å². The van der Waals surface area contributed by atoms with Crippen LogP contribution in [0.1, 0.15) is 25.5 Å². The highest BCUT2D eigenvalue weighted by Crippen LogP contribution is 2.25. The predicted molar refractivity (Wildman–Crippen MR) is 80.5 cm³/mol. The third-order valence-corrected chi connectivity index (χ3v) is 4.43. The number of anilines is 1. The molecule has 0 amide bonds. The van der Waals surface area contributed by atoms with Crippen LogP contribution in [0.4, 0.5) is 5.95 Å². The summed E-state index contributed by atoms with van der Waals surface area (Å²) >= 11 is 0. The zero-order valence-electron chi connectivity index (χ0n) is 12.6. The first-order valence-corrected chi connectivity index (χ1v) is 7.46. The quantitative estimate of drug-likeness (QED) is 0.916. The molecule has 0 aromatic carbocycles. The van der Waals surface area contributed by atoms with Gasteiger partial charge in [0, 0.05) is 13.6 Å². The Hall–Kier alpha value is -1.56. The second kappa shape index (κ2) is 5.09. The molecule has 110 valence electrons. The molecule has 1 fully saturated rings. The molecular formula is C14H24N6. The fourth-order valence-electron chi connectivity index (χ4n) is 3.18. The van der Waals surface area contributed by atoms with E-state index in [2.05, 4.69) is 33.5 Å². The summed E-state index contributed by atoms with van der Waals surface area (Å²) in [5, 5.41) is 4.54. The van der Waals surface area contributed by atoms with Crippen molar-refractivity contribution in [2.75, 3.05) is 25.9 Å². The number of nitrogen functional groups attached to an aromatic ring is 1. The van der Waals surface area contributed by atoms with Crippen LogP contribution in [0.5, 0.6) is 0 Å². The summed E-state index contributed by atoms with van der Waals surface area (Å²) in [4.78, 5) is 6.92. The van der Waals surface area contributed by atoms with Crippen molar-refractivity contribution in [2.45, 2.75) is 32.7 Å². The van der Waals surface area contributed by atoms with Crippen molar-refractivity contribution in [1.29, 1.82) is 0 Å². The minimum absolute atomic E-state index is 0.627. The molecular weight excluding hydrogens is 252 g/mol. The molecule has 20 heavy (non-hydrogen) atoms. The molecule has 1 aliphatic heterocycles. The zero-order chi connectivity index (χ0) is 14.3. The molecule has 2 N–H and O–H groups in total. The molecule has 1 saturated heterocycles. The van der Waals surface area contributed by atoms with E-state index in [0.717, 1.165) is 29.8 Å². The van der Waals surface area contributed by atoms with E-state index in [0.29, 0.717) is 11.9 Å². The van der Waals surface area contributed by atoms with Crippen LogP contribution in [0.2, 0.25) is 0 Å². The lowest BCUT2D eigenvalue weighted by Gasteiger charge is -2.29. The van der Waals surface area contributed by atoms with Gasteiger partial charge in [-0.2, -0.15) is 5.10 Å². The minimum Gasteiger partial charge on any atom is -0.369 e. The van der Waals surface area contributed by atoms with Gasteiger partial charge >= 0.3 is 0 Å². The summed E-state index contributed by atoms with van der Waals surface area (Å²) in [5.41, 5.74) is 9.21. The summed E-state index contributed by atoms with van der Waals surface area (Å²) < 4.78 is 4.07. The van der Waals surface area contributed by atoms with Gasteiger partial charge in [-0.25, -0.2) is 4.98 Å². The van der Waals surface area contributed by atoms with Crippen LogP contribution in [0.25, 0.3) is 11.2 Å². The van der Waals surface area contributed by atoms with Crippen molar-refractivity contribution in [1.82, 2.24) is 24.2 Å². The van der Waals surface area contributed by atoms with Crippen molar-refractivity contribution in [3.05, 3.63) is 5.69 Å². The van der Waals surface area contributed by atoms with Crippen LogP contribution < -0.4 is 5.73 Å². The first-order chi connectivity index (χ1) is 9.60. The lowest BCUT2D eigenvalue weighted by atomic mass is 9.97. The summed E-state index contributed by atoms with van der Waals surface area (Å²) in [6.45, 7) is 5.41. The molecule has 3 heterocycles. The molecule has 0 spiro atoms. The van der Waals surface area contributed by atoms with Gasteiger partial charge in [0.1, 0.15) is 5.52 Å². The summed E-state index contributed by atoms with van der Waals surface area (Å²) in [7, 11) is 4.17.